The predicted octanol–water partition coefficient (Wildman–Crippen LogP) is 5.63. The van der Waals surface area contributed by atoms with Crippen LogP contribution in [0.5, 0.6) is 0 Å². The van der Waals surface area contributed by atoms with Gasteiger partial charge in [-0.1, -0.05) is 49.6 Å². The first-order valence-electron chi connectivity index (χ1n) is 11.9. The van der Waals surface area contributed by atoms with Crippen molar-refractivity contribution < 1.29 is 14.0 Å². The minimum Gasteiger partial charge on any atom is -0.352 e. The molecule has 2 aromatic carbocycles. The van der Waals surface area contributed by atoms with Gasteiger partial charge in [-0.3, -0.25) is 14.5 Å². The molecule has 0 spiro atoms. The molecule has 1 N–H and O–H groups in total. The summed E-state index contributed by atoms with van der Waals surface area (Å²) in [5.74, 6) is -1.23. The number of aryl methyl sites for hydroxylation is 1. The Hall–Kier alpha value is -3.52. The van der Waals surface area contributed by atoms with Gasteiger partial charge in [0.25, 0.3) is 5.91 Å². The molecule has 6 nitrogen and oxygen atoms in total. The van der Waals surface area contributed by atoms with E-state index in [1.165, 1.54) is 34.8 Å². The molecule has 1 fully saturated rings. The number of hydrogen-bond acceptors (Lipinski definition) is 4. The number of thiophene rings is 1. The Morgan fingerprint density at radius 3 is 2.54 bits per heavy atom. The van der Waals surface area contributed by atoms with Gasteiger partial charge in [-0.15, -0.1) is 11.3 Å². The third-order valence-electron chi connectivity index (χ3n) is 6.42. The summed E-state index contributed by atoms with van der Waals surface area (Å²) in [5.41, 5.74) is 1.78. The average molecular weight is 491 g/mol. The third kappa shape index (κ3) is 4.84. The van der Waals surface area contributed by atoms with Gasteiger partial charge in [0.05, 0.1) is 21.9 Å². The smallest absolute Gasteiger partial charge is 0.269 e. The molecule has 4 aromatic rings. The molecule has 0 atom stereocenters. The van der Waals surface area contributed by atoms with Crippen LogP contribution in [0.2, 0.25) is 0 Å². The first-order valence-corrected chi connectivity index (χ1v) is 12.7. The fourth-order valence-corrected chi connectivity index (χ4v) is 5.76. The van der Waals surface area contributed by atoms with Crippen molar-refractivity contribution in [3.63, 3.8) is 0 Å². The number of nitrogens with zero attached hydrogens (tertiary/aromatic N) is 3. The monoisotopic (exact) mass is 490 g/mol. The molecule has 1 aliphatic carbocycles. The molecule has 0 unspecified atom stereocenters. The molecule has 0 bridgehead atoms. The second-order valence-electron chi connectivity index (χ2n) is 8.91. The summed E-state index contributed by atoms with van der Waals surface area (Å²) in [5, 5.41) is 8.53. The van der Waals surface area contributed by atoms with Gasteiger partial charge in [0.15, 0.2) is 0 Å². The van der Waals surface area contributed by atoms with E-state index in [9.17, 15) is 14.0 Å². The summed E-state index contributed by atoms with van der Waals surface area (Å²) in [6.07, 6.45) is 5.22. The standard InChI is InChI=1S/C27H27FN4O2S/c1-18-21-16-24(35-27(21)32(30-18)20-12-6-3-7-13-20)26(34)31(23-15-9-8-14-22(23)28)17-25(33)29-19-10-4-2-5-11-19/h3,6-9,12-16,19H,2,4-5,10-11,17H2,1H3,(H,29,33). The average Bonchev–Trinajstić information content (AvgIpc) is 3.44. The lowest BCUT2D eigenvalue weighted by Gasteiger charge is -2.26. The third-order valence-corrected chi connectivity index (χ3v) is 7.52. The van der Waals surface area contributed by atoms with Crippen LogP contribution in [0.15, 0.2) is 60.7 Å². The van der Waals surface area contributed by atoms with Gasteiger partial charge in [0, 0.05) is 11.4 Å². The van der Waals surface area contributed by atoms with Crippen LogP contribution >= 0.6 is 11.3 Å². The number of carbonyl (C=O) groups is 2. The van der Waals surface area contributed by atoms with Gasteiger partial charge in [-0.2, -0.15) is 5.10 Å². The highest BCUT2D eigenvalue weighted by atomic mass is 32.1. The number of fused-ring (bicyclic) bond motifs is 1. The second kappa shape index (κ2) is 10.00. The van der Waals surface area contributed by atoms with E-state index in [1.54, 1.807) is 18.2 Å². The van der Waals surface area contributed by atoms with Crippen molar-refractivity contribution in [1.82, 2.24) is 15.1 Å². The number of amides is 2. The fourth-order valence-electron chi connectivity index (χ4n) is 4.63. The van der Waals surface area contributed by atoms with E-state index in [-0.39, 0.29) is 24.2 Å². The normalized spacial score (nSPS) is 14.2. The molecule has 180 valence electrons. The number of para-hydroxylation sites is 2. The van der Waals surface area contributed by atoms with Crippen LogP contribution in [-0.4, -0.2) is 34.2 Å². The Kier molecular flexibility index (Phi) is 6.63. The molecule has 1 saturated carbocycles. The number of anilines is 1. The zero-order valence-corrected chi connectivity index (χ0v) is 20.4. The molecular formula is C27H27FN4O2S. The summed E-state index contributed by atoms with van der Waals surface area (Å²) in [7, 11) is 0. The molecule has 2 heterocycles. The number of nitrogens with one attached hydrogen (secondary N) is 1. The van der Waals surface area contributed by atoms with Gasteiger partial charge in [0.1, 0.15) is 17.2 Å². The highest BCUT2D eigenvalue weighted by molar-refractivity contribution is 7.20. The second-order valence-corrected chi connectivity index (χ2v) is 9.94. The lowest BCUT2D eigenvalue weighted by molar-refractivity contribution is -0.120. The highest BCUT2D eigenvalue weighted by Gasteiger charge is 2.27. The van der Waals surface area contributed by atoms with E-state index < -0.39 is 11.7 Å². The summed E-state index contributed by atoms with van der Waals surface area (Å²) >= 11 is 1.29. The summed E-state index contributed by atoms with van der Waals surface area (Å²) in [6.45, 7) is 1.66. The molecule has 2 aromatic heterocycles. The largest absolute Gasteiger partial charge is 0.352 e. The summed E-state index contributed by atoms with van der Waals surface area (Å²) in [4.78, 5) is 29.1. The Morgan fingerprint density at radius 2 is 1.80 bits per heavy atom. The molecule has 8 heteroatoms. The van der Waals surface area contributed by atoms with Gasteiger partial charge < -0.3 is 5.32 Å². The van der Waals surface area contributed by atoms with Crippen LogP contribution in [0.3, 0.4) is 0 Å². The maximum absolute atomic E-state index is 14.8. The van der Waals surface area contributed by atoms with Gasteiger partial charge in [-0.05, 0) is 50.1 Å². The van der Waals surface area contributed by atoms with E-state index >= 15 is 0 Å². The molecule has 0 saturated heterocycles. The van der Waals surface area contributed by atoms with Crippen molar-refractivity contribution in [3.8, 4) is 5.69 Å². The van der Waals surface area contributed by atoms with Crippen LogP contribution in [0.1, 0.15) is 47.5 Å². The Bertz CT molecular complexity index is 1360. The number of halogens is 1. The predicted molar refractivity (Wildman–Crippen MR) is 137 cm³/mol. The number of aromatic nitrogens is 2. The minimum atomic E-state index is -0.543. The van der Waals surface area contributed by atoms with E-state index in [0.717, 1.165) is 47.3 Å². The van der Waals surface area contributed by atoms with Crippen molar-refractivity contribution in [2.24, 2.45) is 0 Å². The number of carbonyl (C=O) groups excluding carboxylic acids is 2. The van der Waals surface area contributed by atoms with Crippen LogP contribution in [-0.2, 0) is 4.79 Å². The lowest BCUT2D eigenvalue weighted by atomic mass is 9.95. The van der Waals surface area contributed by atoms with Crippen molar-refractivity contribution in [3.05, 3.63) is 77.1 Å². The molecule has 1 aliphatic rings. The van der Waals surface area contributed by atoms with Crippen LogP contribution in [0.4, 0.5) is 10.1 Å². The van der Waals surface area contributed by atoms with Crippen molar-refractivity contribution in [2.75, 3.05) is 11.4 Å². The Morgan fingerprint density at radius 1 is 1.09 bits per heavy atom. The molecule has 0 aliphatic heterocycles. The Labute approximate surface area is 207 Å². The fraction of sp³-hybridized carbons (Fsp3) is 0.296. The maximum atomic E-state index is 14.8. The first kappa shape index (κ1) is 23.2. The highest BCUT2D eigenvalue weighted by Crippen LogP contribution is 2.32. The number of rotatable bonds is 6. The molecular weight excluding hydrogens is 463 g/mol. The van der Waals surface area contributed by atoms with E-state index in [2.05, 4.69) is 10.4 Å². The number of benzene rings is 2. The Balaban J connectivity index is 1.47. The zero-order valence-electron chi connectivity index (χ0n) is 19.5. The van der Waals surface area contributed by atoms with E-state index in [0.29, 0.717) is 4.88 Å². The molecule has 2 amide bonds. The topological polar surface area (TPSA) is 67.2 Å². The van der Waals surface area contributed by atoms with E-state index in [1.807, 2.05) is 41.9 Å². The SMILES string of the molecule is Cc1nn(-c2ccccc2)c2sc(C(=O)N(CC(=O)NC3CCCCC3)c3ccccc3F)cc12. The quantitative estimate of drug-likeness (QED) is 0.381. The lowest BCUT2D eigenvalue weighted by Crippen LogP contribution is -2.45. The van der Waals surface area contributed by atoms with Gasteiger partial charge in [0.2, 0.25) is 5.91 Å². The van der Waals surface area contributed by atoms with Crippen LogP contribution in [0, 0.1) is 12.7 Å². The molecule has 35 heavy (non-hydrogen) atoms. The summed E-state index contributed by atoms with van der Waals surface area (Å²) in [6, 6.07) is 17.7. The minimum absolute atomic E-state index is 0.0927. The van der Waals surface area contributed by atoms with Crippen molar-refractivity contribution in [1.29, 1.82) is 0 Å². The molecule has 5 rings (SSSR count). The van der Waals surface area contributed by atoms with E-state index in [4.69, 9.17) is 0 Å². The maximum Gasteiger partial charge on any atom is 0.269 e. The van der Waals surface area contributed by atoms with Gasteiger partial charge in [-0.25, -0.2) is 9.07 Å². The van der Waals surface area contributed by atoms with Gasteiger partial charge >= 0.3 is 0 Å². The van der Waals surface area contributed by atoms with Crippen LogP contribution in [0.25, 0.3) is 15.9 Å². The van der Waals surface area contributed by atoms with Crippen molar-refractivity contribution >= 4 is 39.1 Å². The molecule has 0 radical (unpaired) electrons. The van der Waals surface area contributed by atoms with Crippen molar-refractivity contribution in [2.45, 2.75) is 45.1 Å². The number of hydrogen-bond donors (Lipinski definition) is 1. The zero-order chi connectivity index (χ0) is 24.4. The first-order chi connectivity index (χ1) is 17.0. The van der Waals surface area contributed by atoms with Crippen LogP contribution < -0.4 is 10.2 Å². The summed E-state index contributed by atoms with van der Waals surface area (Å²) < 4.78 is 16.6.